The number of aromatic nitrogens is 1. The Hall–Kier alpha value is -3.78. The topological polar surface area (TPSA) is 69.7 Å². The molecule has 2 aliphatic rings. The smallest absolute Gasteiger partial charge is 0.283 e. The predicted octanol–water partition coefficient (Wildman–Crippen LogP) is 3.81. The van der Waals surface area contributed by atoms with E-state index in [9.17, 15) is 0 Å². The minimum Gasteiger partial charge on any atom is -0.462 e. The molecule has 5 rings (SSSR count). The lowest BCUT2D eigenvalue weighted by atomic mass is 9.80. The Balaban J connectivity index is 1.70. The van der Waals surface area contributed by atoms with Crippen LogP contribution in [0.5, 0.6) is 11.5 Å². The molecule has 0 bridgehead atoms. The Morgan fingerprint density at radius 1 is 1.00 bits per heavy atom. The third-order valence-corrected chi connectivity index (χ3v) is 5.05. The lowest BCUT2D eigenvalue weighted by molar-refractivity contribution is 0.264. The molecule has 3 heterocycles. The van der Waals surface area contributed by atoms with Gasteiger partial charge in [0, 0.05) is 34.6 Å². The number of ether oxygens (including phenoxy) is 2. The summed E-state index contributed by atoms with van der Waals surface area (Å²) in [5.41, 5.74) is 9.95. The number of benzene rings is 2. The molecule has 1 atom stereocenters. The molecule has 5 nitrogen and oxygen atoms in total. The summed E-state index contributed by atoms with van der Waals surface area (Å²) in [5, 5.41) is 0. The molecule has 136 valence electrons. The molecule has 0 aliphatic carbocycles. The fraction of sp³-hybridized carbons (Fsp3) is 0.130. The highest BCUT2D eigenvalue weighted by Gasteiger charge is 2.46. The fourth-order valence-electron chi connectivity index (χ4n) is 3.80. The maximum Gasteiger partial charge on any atom is 0.283 e. The van der Waals surface area contributed by atoms with Gasteiger partial charge < -0.3 is 15.2 Å². The van der Waals surface area contributed by atoms with Gasteiger partial charge in [-0.2, -0.15) is 0 Å². The summed E-state index contributed by atoms with van der Waals surface area (Å²) in [5.74, 6) is 7.48. The van der Waals surface area contributed by atoms with Crippen LogP contribution in [0.4, 0.5) is 0 Å². The molecule has 2 aromatic carbocycles. The number of para-hydroxylation sites is 1. The SMILES string of the molecule is CC#Cc1cncc(-c2ccc3c(c2)C2(COC(N)=N2)c2ccccc2O3)c1. The van der Waals surface area contributed by atoms with E-state index in [4.69, 9.17) is 20.2 Å². The Kier molecular flexibility index (Phi) is 3.59. The summed E-state index contributed by atoms with van der Waals surface area (Å²) in [4.78, 5) is 9.02. The van der Waals surface area contributed by atoms with Gasteiger partial charge in [0.2, 0.25) is 0 Å². The first-order chi connectivity index (χ1) is 13.7. The van der Waals surface area contributed by atoms with Crippen LogP contribution in [0.1, 0.15) is 23.6 Å². The third-order valence-electron chi connectivity index (χ3n) is 5.05. The predicted molar refractivity (Wildman–Crippen MR) is 107 cm³/mol. The summed E-state index contributed by atoms with van der Waals surface area (Å²) in [6, 6.07) is 16.1. The van der Waals surface area contributed by atoms with Crippen LogP contribution in [-0.2, 0) is 10.3 Å². The molecule has 1 spiro atoms. The van der Waals surface area contributed by atoms with Crippen molar-refractivity contribution in [2.75, 3.05) is 6.61 Å². The zero-order valence-corrected chi connectivity index (χ0v) is 15.3. The number of hydrogen-bond acceptors (Lipinski definition) is 5. The van der Waals surface area contributed by atoms with Crippen LogP contribution < -0.4 is 10.5 Å². The van der Waals surface area contributed by atoms with Crippen LogP contribution in [0.25, 0.3) is 11.1 Å². The monoisotopic (exact) mass is 367 g/mol. The molecule has 1 unspecified atom stereocenters. The number of pyridine rings is 1. The summed E-state index contributed by atoms with van der Waals surface area (Å²) >= 11 is 0. The number of hydrogen-bond donors (Lipinski definition) is 1. The van der Waals surface area contributed by atoms with Crippen LogP contribution in [-0.4, -0.2) is 17.6 Å². The van der Waals surface area contributed by atoms with Gasteiger partial charge in [-0.05, 0) is 36.8 Å². The molecule has 1 aromatic heterocycles. The first-order valence-corrected chi connectivity index (χ1v) is 8.98. The van der Waals surface area contributed by atoms with Crippen molar-refractivity contribution in [3.8, 4) is 34.5 Å². The third kappa shape index (κ3) is 2.43. The van der Waals surface area contributed by atoms with Crippen molar-refractivity contribution in [2.45, 2.75) is 12.5 Å². The molecule has 2 aliphatic heterocycles. The van der Waals surface area contributed by atoms with Crippen molar-refractivity contribution in [1.29, 1.82) is 0 Å². The van der Waals surface area contributed by atoms with Crippen LogP contribution in [0.2, 0.25) is 0 Å². The average Bonchev–Trinajstić information content (AvgIpc) is 3.11. The minimum atomic E-state index is -0.710. The maximum atomic E-state index is 6.15. The van der Waals surface area contributed by atoms with Crippen molar-refractivity contribution in [1.82, 2.24) is 4.98 Å². The van der Waals surface area contributed by atoms with E-state index in [-0.39, 0.29) is 6.02 Å². The number of amidine groups is 1. The molecule has 0 radical (unpaired) electrons. The lowest BCUT2D eigenvalue weighted by Crippen LogP contribution is -2.31. The second kappa shape index (κ2) is 6.14. The van der Waals surface area contributed by atoms with E-state index in [0.29, 0.717) is 6.61 Å². The van der Waals surface area contributed by atoms with E-state index in [1.807, 2.05) is 55.6 Å². The van der Waals surface area contributed by atoms with Gasteiger partial charge in [-0.3, -0.25) is 4.98 Å². The molecular weight excluding hydrogens is 350 g/mol. The summed E-state index contributed by atoms with van der Waals surface area (Å²) in [7, 11) is 0. The molecule has 3 aromatic rings. The first-order valence-electron chi connectivity index (χ1n) is 8.98. The van der Waals surface area contributed by atoms with Crippen LogP contribution in [0.3, 0.4) is 0 Å². The van der Waals surface area contributed by atoms with Crippen molar-refractivity contribution in [3.63, 3.8) is 0 Å². The molecule has 28 heavy (non-hydrogen) atoms. The normalized spacial score (nSPS) is 18.8. The van der Waals surface area contributed by atoms with Crippen LogP contribution >= 0.6 is 0 Å². The van der Waals surface area contributed by atoms with E-state index in [1.165, 1.54) is 0 Å². The highest BCUT2D eigenvalue weighted by atomic mass is 16.5. The number of nitrogens with two attached hydrogens (primary N) is 1. The molecule has 0 saturated heterocycles. The lowest BCUT2D eigenvalue weighted by Gasteiger charge is -2.33. The van der Waals surface area contributed by atoms with Gasteiger partial charge in [-0.25, -0.2) is 4.99 Å². The van der Waals surface area contributed by atoms with E-state index in [2.05, 4.69) is 22.9 Å². The molecular formula is C23H17N3O2. The quantitative estimate of drug-likeness (QED) is 0.664. The van der Waals surface area contributed by atoms with Gasteiger partial charge in [0.1, 0.15) is 18.1 Å². The van der Waals surface area contributed by atoms with Crippen molar-refractivity contribution in [3.05, 3.63) is 77.6 Å². The zero-order valence-electron chi connectivity index (χ0n) is 15.3. The van der Waals surface area contributed by atoms with Gasteiger partial charge in [0.25, 0.3) is 6.02 Å². The number of aliphatic imine (C=N–C) groups is 1. The van der Waals surface area contributed by atoms with E-state index < -0.39 is 5.54 Å². The average molecular weight is 367 g/mol. The van der Waals surface area contributed by atoms with Gasteiger partial charge in [0.05, 0.1) is 0 Å². The van der Waals surface area contributed by atoms with E-state index in [1.54, 1.807) is 6.20 Å². The van der Waals surface area contributed by atoms with Crippen LogP contribution in [0, 0.1) is 11.8 Å². The molecule has 0 fully saturated rings. The van der Waals surface area contributed by atoms with Gasteiger partial charge in [-0.15, -0.1) is 5.92 Å². The Bertz CT molecular complexity index is 1190. The highest BCUT2D eigenvalue weighted by Crippen LogP contribution is 2.51. The Morgan fingerprint density at radius 2 is 1.86 bits per heavy atom. The second-order valence-electron chi connectivity index (χ2n) is 6.75. The van der Waals surface area contributed by atoms with Crippen molar-refractivity contribution >= 4 is 6.02 Å². The van der Waals surface area contributed by atoms with Crippen molar-refractivity contribution < 1.29 is 9.47 Å². The number of nitrogens with zero attached hydrogens (tertiary/aromatic N) is 2. The highest BCUT2D eigenvalue weighted by molar-refractivity contribution is 5.78. The Morgan fingerprint density at radius 3 is 2.68 bits per heavy atom. The summed E-state index contributed by atoms with van der Waals surface area (Å²) in [6.45, 7) is 2.15. The summed E-state index contributed by atoms with van der Waals surface area (Å²) < 4.78 is 11.7. The molecule has 5 heteroatoms. The van der Waals surface area contributed by atoms with Gasteiger partial charge in [-0.1, -0.05) is 30.2 Å². The van der Waals surface area contributed by atoms with E-state index >= 15 is 0 Å². The number of fused-ring (bicyclic) bond motifs is 4. The van der Waals surface area contributed by atoms with Gasteiger partial charge >= 0.3 is 0 Å². The maximum absolute atomic E-state index is 6.15. The van der Waals surface area contributed by atoms with Crippen LogP contribution in [0.15, 0.2) is 65.9 Å². The fourth-order valence-corrected chi connectivity index (χ4v) is 3.80. The first kappa shape index (κ1) is 16.4. The van der Waals surface area contributed by atoms with Crippen molar-refractivity contribution in [2.24, 2.45) is 10.7 Å². The molecule has 2 N–H and O–H groups in total. The second-order valence-corrected chi connectivity index (χ2v) is 6.75. The zero-order chi connectivity index (χ0) is 19.1. The van der Waals surface area contributed by atoms with Gasteiger partial charge in [0.15, 0.2) is 5.54 Å². The molecule has 0 amide bonds. The standard InChI is InChI=1S/C23H17N3O2/c1-2-5-15-10-17(13-25-12-15)16-8-9-21-19(11-16)23(14-27-22(24)26-23)18-6-3-4-7-20(18)28-21/h3-4,6-13H,14H2,1H3,(H2,24,26). The Labute approximate surface area is 162 Å². The van der Waals surface area contributed by atoms with E-state index in [0.717, 1.165) is 39.3 Å². The number of rotatable bonds is 1. The largest absolute Gasteiger partial charge is 0.462 e. The summed E-state index contributed by atoms with van der Waals surface area (Å²) in [6.07, 6.45) is 3.59. The minimum absolute atomic E-state index is 0.190. The molecule has 0 saturated carbocycles.